The van der Waals surface area contributed by atoms with E-state index in [0.717, 1.165) is 0 Å². The summed E-state index contributed by atoms with van der Waals surface area (Å²) in [4.78, 5) is 10.6. The van der Waals surface area contributed by atoms with Crippen LogP contribution in [0.1, 0.15) is 12.8 Å². The minimum Gasteiger partial charge on any atom is -0.691 e. The van der Waals surface area contributed by atoms with E-state index in [0.29, 0.717) is 6.42 Å². The van der Waals surface area contributed by atoms with E-state index in [1.54, 1.807) is 0 Å². The van der Waals surface area contributed by atoms with Crippen molar-refractivity contribution in [2.45, 2.75) is 18.1 Å². The van der Waals surface area contributed by atoms with Gasteiger partial charge in [-0.3, -0.25) is 5.04 Å². The Morgan fingerprint density at radius 3 is 2.67 bits per heavy atom. The molecule has 0 aliphatic rings. The average Bonchev–Trinajstić information content (AvgIpc) is 2.21. The lowest BCUT2D eigenvalue weighted by molar-refractivity contribution is -0.777. The smallest absolute Gasteiger partial charge is 0.415 e. The Kier molecular flexibility index (Phi) is 7.52. The Bertz CT molecular complexity index is 190. The second-order valence-corrected chi connectivity index (χ2v) is 3.12. The normalized spacial score (nSPS) is 11.5. The van der Waals surface area contributed by atoms with E-state index in [1.807, 2.05) is 0 Å². The zero-order chi connectivity index (χ0) is 11.7. The van der Waals surface area contributed by atoms with Crippen molar-refractivity contribution in [1.29, 1.82) is 0 Å². The maximum absolute atomic E-state index is 12.6. The Hall–Kier alpha value is -0.480. The van der Waals surface area contributed by atoms with E-state index >= 15 is 0 Å². The topological polar surface area (TPSA) is 88.1 Å². The molecule has 0 bridgehead atoms. The molecule has 0 heterocycles. The van der Waals surface area contributed by atoms with E-state index in [-0.39, 0.29) is 19.6 Å². The molecule has 0 saturated carbocycles. The number of carbonyl (C=O) groups excluding carboxylic acids is 1. The zero-order valence-electron chi connectivity index (χ0n) is 7.48. The number of aliphatic hydroxyl groups is 1. The first-order valence-corrected chi connectivity index (χ1v) is 4.59. The zero-order valence-corrected chi connectivity index (χ0v) is 8.30. The van der Waals surface area contributed by atoms with Crippen molar-refractivity contribution in [3.8, 4) is 0 Å². The van der Waals surface area contributed by atoms with E-state index < -0.39 is 23.3 Å². The summed E-state index contributed by atoms with van der Waals surface area (Å²) in [7, 11) is 0. The molecule has 0 fully saturated rings. The highest BCUT2D eigenvalue weighted by Gasteiger charge is 2.43. The van der Waals surface area contributed by atoms with Crippen molar-refractivity contribution in [2.24, 2.45) is 0 Å². The van der Waals surface area contributed by atoms with E-state index in [9.17, 15) is 18.8 Å². The van der Waals surface area contributed by atoms with Crippen LogP contribution < -0.4 is 5.26 Å². The van der Waals surface area contributed by atoms with Crippen LogP contribution in [0.4, 0.5) is 8.78 Å². The summed E-state index contributed by atoms with van der Waals surface area (Å²) in [6, 6.07) is 0. The molecule has 0 unspecified atom stereocenters. The lowest BCUT2D eigenvalue weighted by Crippen LogP contribution is -2.28. The molecule has 0 radical (unpaired) electrons. The molecule has 0 aromatic rings. The Labute approximate surface area is 88.2 Å². The summed E-state index contributed by atoms with van der Waals surface area (Å²) >= 11 is -0.741. The van der Waals surface area contributed by atoms with Crippen molar-refractivity contribution < 1.29 is 38.0 Å². The van der Waals surface area contributed by atoms with Gasteiger partial charge in [0.1, 0.15) is 12.0 Å². The molecule has 0 spiro atoms. The molecule has 15 heavy (non-hydrogen) atoms. The standard InChI is InChI=1S/C6H10F2O6S/c7-6(8,15-14-13-11)5(10)12-4-2-1-3-9/h9,11H,1-4H2/p-1. The molecule has 0 aromatic heterocycles. The predicted molar refractivity (Wildman–Crippen MR) is 42.0 cm³/mol. The fraction of sp³-hybridized carbons (Fsp3) is 0.833. The van der Waals surface area contributed by atoms with Gasteiger partial charge in [-0.1, -0.05) is 0 Å². The number of rotatable bonds is 8. The molecule has 9 heteroatoms. The van der Waals surface area contributed by atoms with Gasteiger partial charge in [0.05, 0.1) is 6.61 Å². The Morgan fingerprint density at radius 1 is 1.47 bits per heavy atom. The van der Waals surface area contributed by atoms with Gasteiger partial charge in [-0.15, -0.1) is 0 Å². The molecule has 1 N–H and O–H groups in total. The largest absolute Gasteiger partial charge is 0.691 e. The van der Waals surface area contributed by atoms with Crippen LogP contribution in [0, 0.1) is 0 Å². The molecule has 0 atom stereocenters. The Morgan fingerprint density at radius 2 is 2.13 bits per heavy atom. The van der Waals surface area contributed by atoms with Crippen molar-refractivity contribution in [1.82, 2.24) is 0 Å². The third kappa shape index (κ3) is 6.57. The quantitative estimate of drug-likeness (QED) is 0.208. The molecular weight excluding hydrogens is 238 g/mol. The number of hydrogen-bond acceptors (Lipinski definition) is 7. The van der Waals surface area contributed by atoms with Crippen LogP contribution in [0.2, 0.25) is 0 Å². The van der Waals surface area contributed by atoms with Crippen LogP contribution in [0.25, 0.3) is 0 Å². The molecule has 0 aliphatic heterocycles. The van der Waals surface area contributed by atoms with Crippen LogP contribution in [-0.4, -0.2) is 29.5 Å². The van der Waals surface area contributed by atoms with Crippen molar-refractivity contribution >= 4 is 18.0 Å². The molecule has 6 nitrogen and oxygen atoms in total. The number of halogens is 2. The predicted octanol–water partition coefficient (Wildman–Crippen LogP) is -0.233. The fourth-order valence-electron chi connectivity index (χ4n) is 0.553. The first-order valence-electron chi connectivity index (χ1n) is 3.85. The summed E-state index contributed by atoms with van der Waals surface area (Å²) < 4.78 is 32.7. The molecular formula is C6H9F2O6S-. The maximum Gasteiger partial charge on any atom is 0.415 e. The highest BCUT2D eigenvalue weighted by Crippen LogP contribution is 2.30. The highest BCUT2D eigenvalue weighted by atomic mass is 32.2. The number of unbranched alkanes of at least 4 members (excludes halogenated alkanes) is 1. The van der Waals surface area contributed by atoms with E-state index in [1.165, 1.54) is 0 Å². The number of alkyl halides is 2. The van der Waals surface area contributed by atoms with E-state index in [2.05, 4.69) is 14.1 Å². The lowest BCUT2D eigenvalue weighted by atomic mass is 10.3. The van der Waals surface area contributed by atoms with Crippen LogP contribution in [0.5, 0.6) is 0 Å². The minimum atomic E-state index is -4.00. The SMILES string of the molecule is O=C(OCCCCO)C(F)(F)SOO[O-]. The summed E-state index contributed by atoms with van der Waals surface area (Å²) in [6.45, 7) is -0.358. The van der Waals surface area contributed by atoms with E-state index in [4.69, 9.17) is 5.11 Å². The minimum absolute atomic E-state index is 0.115. The molecule has 0 amide bonds. The highest BCUT2D eigenvalue weighted by molar-refractivity contribution is 7.96. The second-order valence-electron chi connectivity index (χ2n) is 2.30. The number of esters is 1. The van der Waals surface area contributed by atoms with Gasteiger partial charge in [0.25, 0.3) is 0 Å². The van der Waals surface area contributed by atoms with Gasteiger partial charge in [-0.2, -0.15) is 13.1 Å². The number of aliphatic hydroxyl groups excluding tert-OH is 1. The lowest BCUT2D eigenvalue weighted by Gasteiger charge is -2.13. The van der Waals surface area contributed by atoms with Gasteiger partial charge in [0, 0.05) is 6.61 Å². The first kappa shape index (κ1) is 14.5. The third-order valence-corrected chi connectivity index (χ3v) is 1.69. The summed E-state index contributed by atoms with van der Waals surface area (Å²) in [5, 5.41) is 16.3. The monoisotopic (exact) mass is 247 g/mol. The van der Waals surface area contributed by atoms with Gasteiger partial charge in [0.2, 0.25) is 0 Å². The van der Waals surface area contributed by atoms with Crippen molar-refractivity contribution in [3.63, 3.8) is 0 Å². The summed E-state index contributed by atoms with van der Waals surface area (Å²) in [5.41, 5.74) is 0. The number of hydrogen-bond donors (Lipinski definition) is 1. The third-order valence-electron chi connectivity index (χ3n) is 1.19. The van der Waals surface area contributed by atoms with Crippen LogP contribution in [-0.2, 0) is 18.9 Å². The van der Waals surface area contributed by atoms with Gasteiger partial charge < -0.3 is 15.1 Å². The molecule has 0 saturated heterocycles. The number of ether oxygens (including phenoxy) is 1. The second kappa shape index (κ2) is 7.77. The molecule has 0 rings (SSSR count). The summed E-state index contributed by atoms with van der Waals surface area (Å²) in [6.07, 6.45) is 0.605. The average molecular weight is 247 g/mol. The van der Waals surface area contributed by atoms with Crippen LogP contribution in [0.3, 0.4) is 0 Å². The number of carbonyl (C=O) groups is 1. The molecule has 0 aromatic carbocycles. The van der Waals surface area contributed by atoms with Crippen molar-refractivity contribution in [2.75, 3.05) is 13.2 Å². The first-order chi connectivity index (χ1) is 7.04. The maximum atomic E-state index is 12.6. The van der Waals surface area contributed by atoms with Gasteiger partial charge in [0.15, 0.2) is 0 Å². The van der Waals surface area contributed by atoms with Crippen LogP contribution in [0.15, 0.2) is 0 Å². The van der Waals surface area contributed by atoms with Gasteiger partial charge >= 0.3 is 11.2 Å². The van der Waals surface area contributed by atoms with Gasteiger partial charge in [-0.25, -0.2) is 4.79 Å². The fourth-order valence-corrected chi connectivity index (χ4v) is 0.794. The van der Waals surface area contributed by atoms with Gasteiger partial charge in [-0.05, 0) is 12.8 Å². The Balaban J connectivity index is 3.75. The molecule has 0 aliphatic carbocycles. The van der Waals surface area contributed by atoms with Crippen LogP contribution >= 0.6 is 12.0 Å². The summed E-state index contributed by atoms with van der Waals surface area (Å²) in [5.74, 6) is -1.83. The molecule has 90 valence electrons. The van der Waals surface area contributed by atoms with Crippen molar-refractivity contribution in [3.05, 3.63) is 0 Å².